The molecule has 2 aromatic carbocycles. The molecule has 1 heterocycles. The van der Waals surface area contributed by atoms with Crippen LogP contribution in [0.2, 0.25) is 0 Å². The largest absolute Gasteiger partial charge is 0.493 e. The van der Waals surface area contributed by atoms with Crippen molar-refractivity contribution in [1.82, 2.24) is 15.6 Å². The van der Waals surface area contributed by atoms with Crippen LogP contribution in [0.5, 0.6) is 17.2 Å². The molecule has 0 bridgehead atoms. The first kappa shape index (κ1) is 21.4. The molecule has 7 nitrogen and oxygen atoms in total. The maximum absolute atomic E-state index is 5.42. The van der Waals surface area contributed by atoms with Crippen LogP contribution in [0.25, 0.3) is 10.9 Å². The number of hydrogen-bond donors (Lipinski definition) is 3. The normalized spacial score (nSPS) is 11.4. The summed E-state index contributed by atoms with van der Waals surface area (Å²) in [5.74, 6) is 2.58. The van der Waals surface area contributed by atoms with Gasteiger partial charge in [0.2, 0.25) is 5.75 Å². The molecule has 1 aromatic heterocycles. The zero-order valence-electron chi connectivity index (χ0n) is 18.3. The fourth-order valence-electron chi connectivity index (χ4n) is 3.61. The van der Waals surface area contributed by atoms with Crippen LogP contribution in [0.1, 0.15) is 16.7 Å². The summed E-state index contributed by atoms with van der Waals surface area (Å²) in [5, 5.41) is 8.02. The van der Waals surface area contributed by atoms with E-state index in [1.165, 1.54) is 22.0 Å². The maximum atomic E-state index is 5.42. The Morgan fingerprint density at radius 2 is 1.77 bits per heavy atom. The van der Waals surface area contributed by atoms with E-state index in [9.17, 15) is 0 Å². The smallest absolute Gasteiger partial charge is 0.203 e. The van der Waals surface area contributed by atoms with Crippen molar-refractivity contribution in [2.75, 3.05) is 34.9 Å². The predicted octanol–water partition coefficient (Wildman–Crippen LogP) is 3.41. The van der Waals surface area contributed by atoms with Gasteiger partial charge in [0.25, 0.3) is 0 Å². The number of aryl methyl sites for hydroxylation is 1. The summed E-state index contributed by atoms with van der Waals surface area (Å²) in [7, 11) is 6.59. The van der Waals surface area contributed by atoms with E-state index in [2.05, 4.69) is 51.9 Å². The molecule has 160 valence electrons. The molecule has 0 aliphatic carbocycles. The summed E-state index contributed by atoms with van der Waals surface area (Å²) in [6, 6.07) is 10.2. The molecule has 0 saturated carbocycles. The van der Waals surface area contributed by atoms with Crippen LogP contribution in [-0.2, 0) is 13.0 Å². The van der Waals surface area contributed by atoms with E-state index >= 15 is 0 Å². The predicted molar refractivity (Wildman–Crippen MR) is 121 cm³/mol. The first-order valence-electron chi connectivity index (χ1n) is 9.90. The summed E-state index contributed by atoms with van der Waals surface area (Å²) in [4.78, 5) is 7.67. The highest BCUT2D eigenvalue weighted by Gasteiger charge is 2.13. The Balaban J connectivity index is 1.60. The Labute approximate surface area is 177 Å². The van der Waals surface area contributed by atoms with E-state index in [1.807, 2.05) is 12.1 Å². The van der Waals surface area contributed by atoms with Gasteiger partial charge in [0.1, 0.15) is 0 Å². The molecule has 0 saturated heterocycles. The van der Waals surface area contributed by atoms with Crippen molar-refractivity contribution in [2.24, 2.45) is 4.99 Å². The number of nitrogens with one attached hydrogen (secondary N) is 3. The van der Waals surface area contributed by atoms with Crippen LogP contribution in [-0.4, -0.2) is 45.9 Å². The van der Waals surface area contributed by atoms with Crippen LogP contribution >= 0.6 is 0 Å². The second kappa shape index (κ2) is 9.91. The lowest BCUT2D eigenvalue weighted by molar-refractivity contribution is 0.323. The molecule has 0 atom stereocenters. The number of guanidine groups is 1. The summed E-state index contributed by atoms with van der Waals surface area (Å²) in [6.45, 7) is 3.49. The Hall–Kier alpha value is -3.35. The Morgan fingerprint density at radius 3 is 2.40 bits per heavy atom. The summed E-state index contributed by atoms with van der Waals surface area (Å²) >= 11 is 0. The van der Waals surface area contributed by atoms with Gasteiger partial charge in [-0.15, -0.1) is 0 Å². The van der Waals surface area contributed by atoms with Gasteiger partial charge in [0.05, 0.1) is 21.3 Å². The highest BCUT2D eigenvalue weighted by atomic mass is 16.5. The molecular formula is C23H30N4O3. The average molecular weight is 411 g/mol. The third-order valence-electron chi connectivity index (χ3n) is 5.09. The van der Waals surface area contributed by atoms with E-state index in [1.54, 1.807) is 28.4 Å². The van der Waals surface area contributed by atoms with Gasteiger partial charge in [-0.2, -0.15) is 0 Å². The highest BCUT2D eigenvalue weighted by molar-refractivity contribution is 5.86. The molecule has 3 N–H and O–H groups in total. The minimum absolute atomic E-state index is 0.572. The third-order valence-corrected chi connectivity index (χ3v) is 5.09. The van der Waals surface area contributed by atoms with Crippen LogP contribution < -0.4 is 24.8 Å². The van der Waals surface area contributed by atoms with Gasteiger partial charge in [-0.1, -0.05) is 12.1 Å². The van der Waals surface area contributed by atoms with E-state index in [-0.39, 0.29) is 0 Å². The van der Waals surface area contributed by atoms with Crippen LogP contribution in [0.3, 0.4) is 0 Å². The zero-order chi connectivity index (χ0) is 21.5. The first-order chi connectivity index (χ1) is 14.6. The van der Waals surface area contributed by atoms with Crippen molar-refractivity contribution in [2.45, 2.75) is 19.9 Å². The number of aromatic amines is 1. The maximum Gasteiger partial charge on any atom is 0.203 e. The molecule has 7 heteroatoms. The van der Waals surface area contributed by atoms with Crippen molar-refractivity contribution < 1.29 is 14.2 Å². The standard InChI is InChI=1S/C23H30N4O3/c1-15-7-6-8-18-21(15)17(14-26-18)9-10-25-23(24-2)27-13-16-11-19(28-3)22(30-5)20(12-16)29-4/h6-8,11-12,14,26H,9-10,13H2,1-5H3,(H2,24,25,27). The van der Waals surface area contributed by atoms with Gasteiger partial charge in [-0.25, -0.2) is 0 Å². The monoisotopic (exact) mass is 410 g/mol. The zero-order valence-corrected chi connectivity index (χ0v) is 18.3. The van der Waals surface area contributed by atoms with Crippen molar-refractivity contribution in [3.8, 4) is 17.2 Å². The number of nitrogens with zero attached hydrogens (tertiary/aromatic N) is 1. The number of rotatable bonds is 8. The number of hydrogen-bond acceptors (Lipinski definition) is 4. The van der Waals surface area contributed by atoms with Crippen molar-refractivity contribution in [1.29, 1.82) is 0 Å². The van der Waals surface area contributed by atoms with Crippen LogP contribution in [0, 0.1) is 6.92 Å². The van der Waals surface area contributed by atoms with Gasteiger partial charge in [-0.05, 0) is 48.2 Å². The highest BCUT2D eigenvalue weighted by Crippen LogP contribution is 2.38. The Kier molecular flexibility index (Phi) is 7.06. The second-order valence-electron chi connectivity index (χ2n) is 6.95. The number of aliphatic imine (C=N–C) groups is 1. The lowest BCUT2D eigenvalue weighted by Crippen LogP contribution is -2.37. The molecule has 0 aliphatic rings. The molecule has 0 radical (unpaired) electrons. The van der Waals surface area contributed by atoms with Gasteiger partial charge in [0, 0.05) is 37.2 Å². The number of aromatic nitrogens is 1. The van der Waals surface area contributed by atoms with Crippen LogP contribution in [0.15, 0.2) is 41.5 Å². The van der Waals surface area contributed by atoms with Crippen molar-refractivity contribution >= 4 is 16.9 Å². The molecule has 0 unspecified atom stereocenters. The average Bonchev–Trinajstić information content (AvgIpc) is 3.19. The molecule has 3 rings (SSSR count). The fourth-order valence-corrected chi connectivity index (χ4v) is 3.61. The number of ether oxygens (including phenoxy) is 3. The Bertz CT molecular complexity index is 1000. The minimum atomic E-state index is 0.572. The molecule has 3 aromatic rings. The second-order valence-corrected chi connectivity index (χ2v) is 6.95. The first-order valence-corrected chi connectivity index (χ1v) is 9.90. The number of H-pyrrole nitrogens is 1. The lowest BCUT2D eigenvalue weighted by atomic mass is 10.1. The van der Waals surface area contributed by atoms with Crippen LogP contribution in [0.4, 0.5) is 0 Å². The number of methoxy groups -OCH3 is 3. The van der Waals surface area contributed by atoms with Gasteiger partial charge < -0.3 is 29.8 Å². The van der Waals surface area contributed by atoms with Gasteiger partial charge >= 0.3 is 0 Å². The van der Waals surface area contributed by atoms with Gasteiger partial charge in [0.15, 0.2) is 17.5 Å². The van der Waals surface area contributed by atoms with Crippen molar-refractivity contribution in [3.63, 3.8) is 0 Å². The van der Waals surface area contributed by atoms with E-state index < -0.39 is 0 Å². The molecule has 0 aliphatic heterocycles. The Morgan fingerprint density at radius 1 is 1.03 bits per heavy atom. The van der Waals surface area contributed by atoms with Gasteiger partial charge in [-0.3, -0.25) is 4.99 Å². The SMILES string of the molecule is CN=C(NCCc1c[nH]c2cccc(C)c12)NCc1cc(OC)c(OC)c(OC)c1. The third kappa shape index (κ3) is 4.62. The summed E-state index contributed by atoms with van der Waals surface area (Å²) in [5.41, 5.74) is 4.76. The molecule has 0 fully saturated rings. The molecule has 30 heavy (non-hydrogen) atoms. The fraction of sp³-hybridized carbons (Fsp3) is 0.348. The van der Waals surface area contributed by atoms with E-state index in [0.717, 1.165) is 24.5 Å². The van der Waals surface area contributed by atoms with Crippen molar-refractivity contribution in [3.05, 3.63) is 53.2 Å². The molecular weight excluding hydrogens is 380 g/mol. The quantitative estimate of drug-likeness (QED) is 0.392. The number of benzene rings is 2. The minimum Gasteiger partial charge on any atom is -0.493 e. The van der Waals surface area contributed by atoms with E-state index in [0.29, 0.717) is 23.8 Å². The molecule has 0 amide bonds. The topological polar surface area (TPSA) is 79.9 Å². The summed E-state index contributed by atoms with van der Waals surface area (Å²) < 4.78 is 16.2. The number of fused-ring (bicyclic) bond motifs is 1. The molecule has 0 spiro atoms. The van der Waals surface area contributed by atoms with E-state index in [4.69, 9.17) is 14.2 Å². The summed E-state index contributed by atoms with van der Waals surface area (Å²) in [6.07, 6.45) is 2.99. The lowest BCUT2D eigenvalue weighted by Gasteiger charge is -2.16.